The largest absolute Gasteiger partial charge is 0.454 e. The highest BCUT2D eigenvalue weighted by Crippen LogP contribution is 2.32. The number of primary amides is 1. The van der Waals surface area contributed by atoms with Gasteiger partial charge in [0.25, 0.3) is 0 Å². The highest BCUT2D eigenvalue weighted by molar-refractivity contribution is 5.73. The lowest BCUT2D eigenvalue weighted by Crippen LogP contribution is -2.30. The van der Waals surface area contributed by atoms with E-state index in [0.29, 0.717) is 25.8 Å². The van der Waals surface area contributed by atoms with Crippen molar-refractivity contribution in [2.45, 2.75) is 32.2 Å². The lowest BCUT2D eigenvalue weighted by molar-refractivity contribution is -0.117. The van der Waals surface area contributed by atoms with Crippen molar-refractivity contribution in [3.63, 3.8) is 0 Å². The number of rotatable bonds is 7. The number of hydrogen-bond acceptors (Lipinski definition) is 4. The van der Waals surface area contributed by atoms with E-state index in [2.05, 4.69) is 18.3 Å². The van der Waals surface area contributed by atoms with Crippen molar-refractivity contribution in [2.24, 2.45) is 5.73 Å². The topological polar surface area (TPSA) is 73.6 Å². The summed E-state index contributed by atoms with van der Waals surface area (Å²) in [6, 6.07) is 6.38. The molecule has 0 aliphatic carbocycles. The summed E-state index contributed by atoms with van der Waals surface area (Å²) in [5.41, 5.74) is 6.32. The second-order valence-corrected chi connectivity index (χ2v) is 4.80. The van der Waals surface area contributed by atoms with Crippen LogP contribution in [0.1, 0.15) is 25.3 Å². The number of nitrogens with one attached hydrogen (secondary N) is 1. The minimum atomic E-state index is -0.268. The van der Waals surface area contributed by atoms with Gasteiger partial charge >= 0.3 is 0 Å². The Balaban J connectivity index is 1.74. The summed E-state index contributed by atoms with van der Waals surface area (Å²) in [7, 11) is 0. The summed E-state index contributed by atoms with van der Waals surface area (Å²) in [6.07, 6.45) is 2.34. The third-order valence-corrected chi connectivity index (χ3v) is 3.17. The first-order chi connectivity index (χ1) is 9.15. The normalized spacial score (nSPS) is 14.4. The molecule has 0 radical (unpaired) electrons. The van der Waals surface area contributed by atoms with E-state index in [9.17, 15) is 4.79 Å². The molecule has 3 N–H and O–H groups in total. The third-order valence-electron chi connectivity index (χ3n) is 3.17. The van der Waals surface area contributed by atoms with E-state index >= 15 is 0 Å². The molecule has 0 saturated heterocycles. The predicted molar refractivity (Wildman–Crippen MR) is 72.2 cm³/mol. The molecule has 104 valence electrons. The van der Waals surface area contributed by atoms with Crippen LogP contribution in [0.4, 0.5) is 0 Å². The number of carbonyl (C=O) groups is 1. The van der Waals surface area contributed by atoms with E-state index in [0.717, 1.165) is 24.3 Å². The van der Waals surface area contributed by atoms with Gasteiger partial charge in [-0.1, -0.05) is 6.07 Å². The molecule has 2 rings (SSSR count). The Hall–Kier alpha value is -1.75. The molecule has 1 aromatic rings. The van der Waals surface area contributed by atoms with Gasteiger partial charge in [0, 0.05) is 19.0 Å². The zero-order chi connectivity index (χ0) is 13.7. The van der Waals surface area contributed by atoms with Gasteiger partial charge in [0.05, 0.1) is 0 Å². The summed E-state index contributed by atoms with van der Waals surface area (Å²) in [5, 5.41) is 3.28. The molecule has 5 heteroatoms. The second-order valence-electron chi connectivity index (χ2n) is 4.80. The maximum Gasteiger partial charge on any atom is 0.231 e. The highest BCUT2D eigenvalue weighted by atomic mass is 16.7. The minimum absolute atomic E-state index is 0.268. The average Bonchev–Trinajstić information content (AvgIpc) is 2.83. The molecule has 0 saturated carbocycles. The number of carbonyl (C=O) groups excluding carboxylic acids is 1. The monoisotopic (exact) mass is 264 g/mol. The molecule has 1 aliphatic heterocycles. The molecule has 0 bridgehead atoms. The molecule has 1 aromatic carbocycles. The lowest BCUT2D eigenvalue weighted by Gasteiger charge is -2.13. The summed E-state index contributed by atoms with van der Waals surface area (Å²) in [4.78, 5) is 10.6. The van der Waals surface area contributed by atoms with Crippen molar-refractivity contribution >= 4 is 5.91 Å². The van der Waals surface area contributed by atoms with Crippen LogP contribution in [0.15, 0.2) is 18.2 Å². The molecule has 1 unspecified atom stereocenters. The Morgan fingerprint density at radius 3 is 3.00 bits per heavy atom. The van der Waals surface area contributed by atoms with Crippen LogP contribution in [-0.4, -0.2) is 25.3 Å². The second kappa shape index (κ2) is 6.43. The van der Waals surface area contributed by atoms with E-state index in [-0.39, 0.29) is 5.91 Å². The number of hydrogen-bond donors (Lipinski definition) is 2. The fourth-order valence-corrected chi connectivity index (χ4v) is 2.02. The Labute approximate surface area is 113 Å². The number of nitrogens with two attached hydrogens (primary N) is 1. The molecular weight excluding hydrogens is 244 g/mol. The van der Waals surface area contributed by atoms with Crippen LogP contribution in [0, 0.1) is 0 Å². The van der Waals surface area contributed by atoms with E-state index in [1.165, 1.54) is 5.56 Å². The van der Waals surface area contributed by atoms with Gasteiger partial charge in [0.1, 0.15) is 0 Å². The van der Waals surface area contributed by atoms with E-state index in [4.69, 9.17) is 15.2 Å². The SMILES string of the molecule is CC(CCc1ccc2c(c1)OCO2)NCCC(N)=O. The molecular formula is C14H20N2O3. The number of amides is 1. The van der Waals surface area contributed by atoms with Crippen molar-refractivity contribution in [3.8, 4) is 11.5 Å². The van der Waals surface area contributed by atoms with Gasteiger partial charge in [-0.25, -0.2) is 0 Å². The zero-order valence-electron chi connectivity index (χ0n) is 11.1. The van der Waals surface area contributed by atoms with Crippen LogP contribution in [-0.2, 0) is 11.2 Å². The van der Waals surface area contributed by atoms with Crippen LogP contribution >= 0.6 is 0 Å². The highest BCUT2D eigenvalue weighted by Gasteiger charge is 2.13. The predicted octanol–water partition coefficient (Wildman–Crippen LogP) is 1.20. The minimum Gasteiger partial charge on any atom is -0.454 e. The van der Waals surface area contributed by atoms with Gasteiger partial charge in [-0.15, -0.1) is 0 Å². The van der Waals surface area contributed by atoms with Crippen molar-refractivity contribution in [2.75, 3.05) is 13.3 Å². The standard InChI is InChI=1S/C14H20N2O3/c1-10(16-7-6-14(15)17)2-3-11-4-5-12-13(8-11)19-9-18-12/h4-5,8,10,16H,2-3,6-7,9H2,1H3,(H2,15,17). The molecule has 1 aliphatic rings. The van der Waals surface area contributed by atoms with Crippen LogP contribution in [0.2, 0.25) is 0 Å². The van der Waals surface area contributed by atoms with Crippen LogP contribution in [0.3, 0.4) is 0 Å². The molecule has 0 spiro atoms. The summed E-state index contributed by atoms with van der Waals surface area (Å²) >= 11 is 0. The first-order valence-corrected chi connectivity index (χ1v) is 6.55. The van der Waals surface area contributed by atoms with Crippen LogP contribution in [0.5, 0.6) is 11.5 Å². The van der Waals surface area contributed by atoms with E-state index < -0.39 is 0 Å². The van der Waals surface area contributed by atoms with Crippen molar-refractivity contribution in [3.05, 3.63) is 23.8 Å². The van der Waals surface area contributed by atoms with Crippen molar-refractivity contribution < 1.29 is 14.3 Å². The number of aryl methyl sites for hydroxylation is 1. The van der Waals surface area contributed by atoms with Gasteiger partial charge in [-0.3, -0.25) is 4.79 Å². The fraction of sp³-hybridized carbons (Fsp3) is 0.500. The number of ether oxygens (including phenoxy) is 2. The third kappa shape index (κ3) is 4.13. The maximum absolute atomic E-state index is 10.6. The van der Waals surface area contributed by atoms with Gasteiger partial charge in [0.2, 0.25) is 12.7 Å². The molecule has 19 heavy (non-hydrogen) atoms. The molecule has 0 fully saturated rings. The van der Waals surface area contributed by atoms with E-state index in [1.54, 1.807) is 0 Å². The van der Waals surface area contributed by atoms with Crippen LogP contribution < -0.4 is 20.5 Å². The summed E-state index contributed by atoms with van der Waals surface area (Å²) < 4.78 is 10.6. The lowest BCUT2D eigenvalue weighted by atomic mass is 10.1. The number of benzene rings is 1. The Kier molecular flexibility index (Phi) is 4.63. The first kappa shape index (κ1) is 13.7. The maximum atomic E-state index is 10.6. The van der Waals surface area contributed by atoms with Crippen LogP contribution in [0.25, 0.3) is 0 Å². The van der Waals surface area contributed by atoms with Gasteiger partial charge in [0.15, 0.2) is 11.5 Å². The molecule has 0 aromatic heterocycles. The quantitative estimate of drug-likeness (QED) is 0.776. The number of fused-ring (bicyclic) bond motifs is 1. The molecule has 5 nitrogen and oxygen atoms in total. The van der Waals surface area contributed by atoms with E-state index in [1.807, 2.05) is 12.1 Å². The summed E-state index contributed by atoms with van der Waals surface area (Å²) in [6.45, 7) is 3.05. The van der Waals surface area contributed by atoms with Crippen molar-refractivity contribution in [1.82, 2.24) is 5.32 Å². The molecule has 1 atom stereocenters. The fourth-order valence-electron chi connectivity index (χ4n) is 2.02. The van der Waals surface area contributed by atoms with Crippen molar-refractivity contribution in [1.29, 1.82) is 0 Å². The Morgan fingerprint density at radius 1 is 1.42 bits per heavy atom. The smallest absolute Gasteiger partial charge is 0.231 e. The zero-order valence-corrected chi connectivity index (χ0v) is 11.1. The van der Waals surface area contributed by atoms with Gasteiger partial charge < -0.3 is 20.5 Å². The molecule has 1 amide bonds. The first-order valence-electron chi connectivity index (χ1n) is 6.55. The molecule has 1 heterocycles. The average molecular weight is 264 g/mol. The van der Waals surface area contributed by atoms with Gasteiger partial charge in [-0.05, 0) is 37.5 Å². The Bertz CT molecular complexity index is 448. The Morgan fingerprint density at radius 2 is 2.21 bits per heavy atom. The van der Waals surface area contributed by atoms with Gasteiger partial charge in [-0.2, -0.15) is 0 Å². The summed E-state index contributed by atoms with van der Waals surface area (Å²) in [5.74, 6) is 1.37.